The van der Waals surface area contributed by atoms with Crippen molar-refractivity contribution in [2.24, 2.45) is 0 Å². The monoisotopic (exact) mass is 535 g/mol. The Morgan fingerprint density at radius 1 is 1.21 bits per heavy atom. The van der Waals surface area contributed by atoms with Crippen LogP contribution in [0.5, 0.6) is 0 Å². The lowest BCUT2D eigenvalue weighted by Crippen LogP contribution is -2.18. The molecule has 8 heteroatoms. The highest BCUT2D eigenvalue weighted by Gasteiger charge is 2.27. The number of nitrogens with zero attached hydrogens (tertiary/aromatic N) is 2. The van der Waals surface area contributed by atoms with Crippen LogP contribution in [0.15, 0.2) is 48.7 Å². The van der Waals surface area contributed by atoms with Crippen LogP contribution < -0.4 is 5.32 Å². The Labute approximate surface area is 226 Å². The van der Waals surface area contributed by atoms with Crippen molar-refractivity contribution in [2.45, 2.75) is 52.2 Å². The molecule has 6 nitrogen and oxygen atoms in total. The minimum absolute atomic E-state index is 0.143. The SMILES string of the molecule is COC(=O)c1c(Nc2ccccc2C(C)C)cc(-c2c(C)ccc3c2cnn3C2CCCCO2)c(Cl)c1F. The predicted molar refractivity (Wildman–Crippen MR) is 149 cm³/mol. The summed E-state index contributed by atoms with van der Waals surface area (Å²) in [5.41, 5.74) is 4.86. The first-order chi connectivity index (χ1) is 18.3. The fraction of sp³-hybridized carbons (Fsp3) is 0.333. The van der Waals surface area contributed by atoms with Crippen LogP contribution in [0.2, 0.25) is 5.02 Å². The number of aryl methyl sites for hydroxylation is 1. The molecule has 1 aromatic heterocycles. The fourth-order valence-corrected chi connectivity index (χ4v) is 5.44. The maximum atomic E-state index is 15.9. The van der Waals surface area contributed by atoms with Crippen molar-refractivity contribution in [1.29, 1.82) is 0 Å². The lowest BCUT2D eigenvalue weighted by molar-refractivity contribution is -0.0366. The van der Waals surface area contributed by atoms with Gasteiger partial charge in [0.2, 0.25) is 0 Å². The van der Waals surface area contributed by atoms with Gasteiger partial charge in [0, 0.05) is 23.2 Å². The molecule has 1 unspecified atom stereocenters. The van der Waals surface area contributed by atoms with E-state index in [1.807, 2.05) is 48.0 Å². The number of nitrogens with one attached hydrogen (secondary N) is 1. The molecule has 1 N–H and O–H groups in total. The first-order valence-corrected chi connectivity index (χ1v) is 13.2. The maximum Gasteiger partial charge on any atom is 0.343 e. The lowest BCUT2D eigenvalue weighted by Gasteiger charge is -2.23. The summed E-state index contributed by atoms with van der Waals surface area (Å²) in [5, 5.41) is 8.63. The smallest absolute Gasteiger partial charge is 0.343 e. The number of carbonyl (C=O) groups excluding carboxylic acids is 1. The molecular weight excluding hydrogens is 505 g/mol. The molecule has 0 aliphatic carbocycles. The lowest BCUT2D eigenvalue weighted by atomic mass is 9.94. The minimum atomic E-state index is -0.833. The van der Waals surface area contributed by atoms with Gasteiger partial charge in [0.25, 0.3) is 0 Å². The third-order valence-electron chi connectivity index (χ3n) is 7.13. The summed E-state index contributed by atoms with van der Waals surface area (Å²) in [6.07, 6.45) is 4.63. The maximum absolute atomic E-state index is 15.9. The van der Waals surface area contributed by atoms with Crippen molar-refractivity contribution in [3.8, 4) is 11.1 Å². The molecule has 1 fully saturated rings. The zero-order valence-electron chi connectivity index (χ0n) is 22.0. The first kappa shape index (κ1) is 26.2. The van der Waals surface area contributed by atoms with Gasteiger partial charge in [-0.15, -0.1) is 0 Å². The molecule has 0 radical (unpaired) electrons. The van der Waals surface area contributed by atoms with Crippen LogP contribution in [0.3, 0.4) is 0 Å². The van der Waals surface area contributed by atoms with Crippen LogP contribution in [-0.2, 0) is 9.47 Å². The molecule has 1 saturated heterocycles. The molecule has 3 aromatic carbocycles. The summed E-state index contributed by atoms with van der Waals surface area (Å²) < 4.78 is 28.7. The van der Waals surface area contributed by atoms with E-state index in [0.29, 0.717) is 12.2 Å². The molecular formula is C30H31ClFN3O3. The first-order valence-electron chi connectivity index (χ1n) is 12.9. The molecule has 1 aliphatic heterocycles. The van der Waals surface area contributed by atoms with Gasteiger partial charge in [-0.05, 0) is 67.0 Å². The highest BCUT2D eigenvalue weighted by atomic mass is 35.5. The number of esters is 1. The van der Waals surface area contributed by atoms with E-state index in [1.54, 1.807) is 12.3 Å². The highest BCUT2D eigenvalue weighted by Crippen LogP contribution is 2.43. The normalized spacial score (nSPS) is 15.7. The number of methoxy groups -OCH3 is 1. The Hall–Kier alpha value is -3.42. The predicted octanol–water partition coefficient (Wildman–Crippen LogP) is 8.16. The summed E-state index contributed by atoms with van der Waals surface area (Å²) in [6.45, 7) is 6.80. The number of fused-ring (bicyclic) bond motifs is 1. The van der Waals surface area contributed by atoms with Gasteiger partial charge in [-0.2, -0.15) is 5.10 Å². The number of hydrogen-bond donors (Lipinski definition) is 1. The summed E-state index contributed by atoms with van der Waals surface area (Å²) in [4.78, 5) is 12.7. The van der Waals surface area contributed by atoms with Gasteiger partial charge in [0.1, 0.15) is 5.56 Å². The van der Waals surface area contributed by atoms with Gasteiger partial charge < -0.3 is 14.8 Å². The van der Waals surface area contributed by atoms with Crippen molar-refractivity contribution in [3.63, 3.8) is 0 Å². The van der Waals surface area contributed by atoms with Gasteiger partial charge in [0.05, 0.1) is 29.5 Å². The van der Waals surface area contributed by atoms with Crippen LogP contribution in [-0.4, -0.2) is 29.5 Å². The number of para-hydroxylation sites is 1. The Morgan fingerprint density at radius 3 is 2.71 bits per heavy atom. The molecule has 2 heterocycles. The average Bonchev–Trinajstić information content (AvgIpc) is 3.35. The van der Waals surface area contributed by atoms with Crippen molar-refractivity contribution >= 4 is 39.8 Å². The number of benzene rings is 3. The van der Waals surface area contributed by atoms with E-state index in [0.717, 1.165) is 52.5 Å². The number of carbonyl (C=O) groups is 1. The summed E-state index contributed by atoms with van der Waals surface area (Å²) in [5.74, 6) is -1.43. The largest absolute Gasteiger partial charge is 0.465 e. The zero-order valence-corrected chi connectivity index (χ0v) is 22.7. The Morgan fingerprint density at radius 2 is 2.00 bits per heavy atom. The van der Waals surface area contributed by atoms with Crippen molar-refractivity contribution in [2.75, 3.05) is 19.0 Å². The van der Waals surface area contributed by atoms with Crippen molar-refractivity contribution < 1.29 is 18.7 Å². The highest BCUT2D eigenvalue weighted by molar-refractivity contribution is 6.34. The average molecular weight is 536 g/mol. The van der Waals surface area contributed by atoms with Gasteiger partial charge in [-0.3, -0.25) is 0 Å². The third-order valence-corrected chi connectivity index (χ3v) is 7.50. The number of hydrogen-bond acceptors (Lipinski definition) is 5. The molecule has 1 aliphatic rings. The van der Waals surface area contributed by atoms with Gasteiger partial charge in [-0.1, -0.05) is 49.7 Å². The van der Waals surface area contributed by atoms with Crippen molar-refractivity contribution in [3.05, 3.63) is 76.2 Å². The second kappa shape index (κ2) is 10.8. The number of rotatable bonds is 6. The van der Waals surface area contributed by atoms with Crippen LogP contribution >= 0.6 is 11.6 Å². The number of anilines is 2. The van der Waals surface area contributed by atoms with Crippen LogP contribution in [0.4, 0.5) is 15.8 Å². The third kappa shape index (κ3) is 4.65. The van der Waals surface area contributed by atoms with Gasteiger partial charge in [-0.25, -0.2) is 13.9 Å². The standard InChI is InChI=1S/C30H31ClFN3O3/c1-17(2)19-9-5-6-10-22(19)34-23-15-20(28(31)29(32)27(23)30(36)37-4)26-18(3)12-13-24-21(26)16-33-35(24)25-11-7-8-14-38-25/h5-6,9-10,12-13,15-17,25,34H,7-8,11,14H2,1-4H3. The fourth-order valence-electron chi connectivity index (χ4n) is 5.20. The number of ether oxygens (including phenoxy) is 2. The van der Waals surface area contributed by atoms with E-state index in [2.05, 4.69) is 24.3 Å². The molecule has 38 heavy (non-hydrogen) atoms. The van der Waals surface area contributed by atoms with Crippen LogP contribution in [0.1, 0.15) is 66.7 Å². The quantitative estimate of drug-likeness (QED) is 0.252. The Kier molecular flexibility index (Phi) is 7.41. The summed E-state index contributed by atoms with van der Waals surface area (Å²) in [6, 6.07) is 13.5. The molecule has 0 spiro atoms. The molecule has 5 rings (SSSR count). The summed E-state index contributed by atoms with van der Waals surface area (Å²) in [7, 11) is 1.22. The second-order valence-electron chi connectivity index (χ2n) is 9.93. The van der Waals surface area contributed by atoms with Crippen LogP contribution in [0, 0.1) is 12.7 Å². The minimum Gasteiger partial charge on any atom is -0.465 e. The number of aromatic nitrogens is 2. The molecule has 0 amide bonds. The summed E-state index contributed by atoms with van der Waals surface area (Å²) >= 11 is 6.66. The topological polar surface area (TPSA) is 65.4 Å². The van der Waals surface area contributed by atoms with E-state index >= 15 is 4.39 Å². The van der Waals surface area contributed by atoms with Crippen LogP contribution in [0.25, 0.3) is 22.0 Å². The molecule has 198 valence electrons. The zero-order chi connectivity index (χ0) is 27.0. The molecule has 0 saturated carbocycles. The van der Waals surface area contributed by atoms with Crippen molar-refractivity contribution in [1.82, 2.24) is 9.78 Å². The van der Waals surface area contributed by atoms with E-state index in [1.165, 1.54) is 7.11 Å². The van der Waals surface area contributed by atoms with E-state index in [4.69, 9.17) is 21.1 Å². The van der Waals surface area contributed by atoms with Gasteiger partial charge >= 0.3 is 5.97 Å². The van der Waals surface area contributed by atoms with E-state index < -0.39 is 11.8 Å². The number of halogens is 2. The molecule has 0 bridgehead atoms. The van der Waals surface area contributed by atoms with Gasteiger partial charge in [0.15, 0.2) is 12.0 Å². The second-order valence-corrected chi connectivity index (χ2v) is 10.3. The van der Waals surface area contributed by atoms with E-state index in [-0.39, 0.29) is 28.4 Å². The molecule has 4 aromatic rings. The molecule has 1 atom stereocenters. The Bertz CT molecular complexity index is 1510. The Balaban J connectivity index is 1.71. The van der Waals surface area contributed by atoms with E-state index in [9.17, 15) is 4.79 Å².